The van der Waals surface area contributed by atoms with Crippen molar-refractivity contribution in [3.05, 3.63) is 66.4 Å². The highest BCUT2D eigenvalue weighted by Gasteiger charge is 2.25. The Morgan fingerprint density at radius 1 is 1.11 bits per heavy atom. The van der Waals surface area contributed by atoms with Crippen molar-refractivity contribution in [1.29, 1.82) is 0 Å². The lowest BCUT2D eigenvalue weighted by atomic mass is 10.2. The number of hydrogen-bond acceptors (Lipinski definition) is 6. The van der Waals surface area contributed by atoms with Crippen molar-refractivity contribution < 1.29 is 23.9 Å². The van der Waals surface area contributed by atoms with Crippen molar-refractivity contribution in [3.8, 4) is 5.75 Å². The molecule has 0 saturated heterocycles. The molecule has 0 atom stereocenters. The summed E-state index contributed by atoms with van der Waals surface area (Å²) in [6.45, 7) is -0.477. The second-order valence-electron chi connectivity index (χ2n) is 5.82. The first-order valence-electron chi connectivity index (χ1n) is 8.53. The summed E-state index contributed by atoms with van der Waals surface area (Å²) in [4.78, 5) is 36.4. The van der Waals surface area contributed by atoms with Crippen LogP contribution in [0.2, 0.25) is 0 Å². The van der Waals surface area contributed by atoms with E-state index in [0.717, 1.165) is 0 Å². The molecule has 8 nitrogen and oxygen atoms in total. The summed E-state index contributed by atoms with van der Waals surface area (Å²) in [5.74, 6) is -0.957. The number of carbonyl (C=O) groups is 3. The second-order valence-corrected chi connectivity index (χ2v) is 5.82. The summed E-state index contributed by atoms with van der Waals surface area (Å²) in [7, 11) is 1.49. The number of carbonyl (C=O) groups excluding carboxylic acids is 3. The predicted octanol–water partition coefficient (Wildman–Crippen LogP) is 2.00. The minimum absolute atomic E-state index is 0.0414. The molecule has 2 aromatic carbocycles. The van der Waals surface area contributed by atoms with Crippen LogP contribution in [0.4, 0.5) is 11.4 Å². The van der Waals surface area contributed by atoms with Crippen LogP contribution in [0, 0.1) is 0 Å². The van der Waals surface area contributed by atoms with Gasteiger partial charge in [-0.15, -0.1) is 0 Å². The van der Waals surface area contributed by atoms with Crippen molar-refractivity contribution in [2.24, 2.45) is 0 Å². The highest BCUT2D eigenvalue weighted by atomic mass is 16.5. The fourth-order valence-corrected chi connectivity index (χ4v) is 2.57. The van der Waals surface area contributed by atoms with E-state index in [1.54, 1.807) is 48.5 Å². The molecule has 0 fully saturated rings. The summed E-state index contributed by atoms with van der Waals surface area (Å²) in [6.07, 6.45) is 1.47. The van der Waals surface area contributed by atoms with Gasteiger partial charge in [-0.3, -0.25) is 15.0 Å². The normalized spacial score (nSPS) is 13.2. The van der Waals surface area contributed by atoms with E-state index in [9.17, 15) is 14.4 Å². The zero-order chi connectivity index (χ0) is 19.9. The Hall–Kier alpha value is -3.81. The lowest BCUT2D eigenvalue weighted by Gasteiger charge is -2.28. The van der Waals surface area contributed by atoms with Gasteiger partial charge in [-0.2, -0.15) is 0 Å². The van der Waals surface area contributed by atoms with Gasteiger partial charge in [-0.1, -0.05) is 30.3 Å². The molecule has 0 radical (unpaired) electrons. The van der Waals surface area contributed by atoms with Crippen LogP contribution in [-0.2, 0) is 19.1 Å². The van der Waals surface area contributed by atoms with Crippen LogP contribution < -0.4 is 20.5 Å². The summed E-state index contributed by atoms with van der Waals surface area (Å²) < 4.78 is 10.2. The Morgan fingerprint density at radius 2 is 1.82 bits per heavy atom. The fraction of sp³-hybridized carbons (Fsp3) is 0.150. The monoisotopic (exact) mass is 381 g/mol. The molecule has 2 amide bonds. The maximum absolute atomic E-state index is 12.3. The number of ether oxygens (including phenoxy) is 2. The highest BCUT2D eigenvalue weighted by molar-refractivity contribution is 6.00. The van der Waals surface area contributed by atoms with E-state index in [1.165, 1.54) is 18.2 Å². The molecule has 28 heavy (non-hydrogen) atoms. The van der Waals surface area contributed by atoms with E-state index in [-0.39, 0.29) is 18.0 Å². The number of hydrogen-bond donors (Lipinski definition) is 2. The molecule has 0 spiro atoms. The smallest absolute Gasteiger partial charge is 0.356 e. The molecule has 2 aromatic rings. The second kappa shape index (κ2) is 8.72. The third-order valence-corrected chi connectivity index (χ3v) is 3.91. The number of nitrogens with zero attached hydrogens (tertiary/aromatic N) is 1. The Bertz CT molecular complexity index is 911. The SMILES string of the molecule is COc1ccccc1NC(=O)COC(=O)C1=CCC(=O)N(c2ccccc2)N1. The summed E-state index contributed by atoms with van der Waals surface area (Å²) in [6, 6.07) is 15.8. The van der Waals surface area contributed by atoms with Gasteiger partial charge >= 0.3 is 5.97 Å². The van der Waals surface area contributed by atoms with Crippen LogP contribution in [0.3, 0.4) is 0 Å². The fourth-order valence-electron chi connectivity index (χ4n) is 2.57. The largest absolute Gasteiger partial charge is 0.495 e. The molecule has 1 heterocycles. The first kappa shape index (κ1) is 19.0. The summed E-state index contributed by atoms with van der Waals surface area (Å²) in [5, 5.41) is 3.89. The van der Waals surface area contributed by atoms with Crippen molar-refractivity contribution >= 4 is 29.2 Å². The first-order chi connectivity index (χ1) is 13.6. The molecule has 1 aliphatic rings. The third-order valence-electron chi connectivity index (χ3n) is 3.91. The molecule has 2 N–H and O–H groups in total. The molecule has 0 saturated carbocycles. The standard InChI is InChI=1S/C20H19N3O5/c1-27-17-10-6-5-9-15(17)21-18(24)13-28-20(26)16-11-12-19(25)23(22-16)14-7-3-2-4-8-14/h2-11,22H,12-13H2,1H3,(H,21,24). The van der Waals surface area contributed by atoms with Crippen molar-refractivity contribution in [2.45, 2.75) is 6.42 Å². The van der Waals surface area contributed by atoms with Gasteiger partial charge in [-0.25, -0.2) is 9.80 Å². The molecular formula is C20H19N3O5. The molecule has 1 aliphatic heterocycles. The summed E-state index contributed by atoms with van der Waals surface area (Å²) in [5.41, 5.74) is 3.89. The number of esters is 1. The van der Waals surface area contributed by atoms with E-state index in [0.29, 0.717) is 17.1 Å². The number of amides is 2. The summed E-state index contributed by atoms with van der Waals surface area (Å²) >= 11 is 0. The Balaban J connectivity index is 1.57. The van der Waals surface area contributed by atoms with Crippen LogP contribution in [0.1, 0.15) is 6.42 Å². The Kier molecular flexibility index (Phi) is 5.91. The first-order valence-corrected chi connectivity index (χ1v) is 8.53. The quantitative estimate of drug-likeness (QED) is 0.743. The molecule has 0 unspecified atom stereocenters. The predicted molar refractivity (Wildman–Crippen MR) is 102 cm³/mol. The number of nitrogens with one attached hydrogen (secondary N) is 2. The average molecular weight is 381 g/mol. The van der Waals surface area contributed by atoms with Gasteiger partial charge in [0.05, 0.1) is 18.5 Å². The zero-order valence-corrected chi connectivity index (χ0v) is 15.2. The number of hydrazine groups is 1. The maximum Gasteiger partial charge on any atom is 0.356 e. The lowest BCUT2D eigenvalue weighted by molar-refractivity contribution is -0.143. The Morgan fingerprint density at radius 3 is 2.57 bits per heavy atom. The van der Waals surface area contributed by atoms with Gasteiger partial charge in [0, 0.05) is 6.42 Å². The molecule has 3 rings (SSSR count). The van der Waals surface area contributed by atoms with Crippen molar-refractivity contribution in [2.75, 3.05) is 24.0 Å². The van der Waals surface area contributed by atoms with Crippen LogP contribution in [-0.4, -0.2) is 31.5 Å². The Labute approximate surface area is 161 Å². The van der Waals surface area contributed by atoms with Gasteiger partial charge in [0.25, 0.3) is 5.91 Å². The van der Waals surface area contributed by atoms with Gasteiger partial charge in [-0.05, 0) is 30.3 Å². The molecule has 0 aromatic heterocycles. The van der Waals surface area contributed by atoms with Crippen LogP contribution in [0.25, 0.3) is 0 Å². The minimum Gasteiger partial charge on any atom is -0.495 e. The molecule has 0 aliphatic carbocycles. The lowest BCUT2D eigenvalue weighted by Crippen LogP contribution is -2.47. The van der Waals surface area contributed by atoms with E-state index in [2.05, 4.69) is 10.7 Å². The average Bonchev–Trinajstić information content (AvgIpc) is 2.73. The van der Waals surface area contributed by atoms with Crippen molar-refractivity contribution in [1.82, 2.24) is 5.43 Å². The molecular weight excluding hydrogens is 362 g/mol. The van der Waals surface area contributed by atoms with Crippen LogP contribution in [0.15, 0.2) is 66.4 Å². The molecule has 0 bridgehead atoms. The maximum atomic E-state index is 12.3. The number of methoxy groups -OCH3 is 1. The van der Waals surface area contributed by atoms with E-state index >= 15 is 0 Å². The van der Waals surface area contributed by atoms with E-state index in [4.69, 9.17) is 9.47 Å². The topological polar surface area (TPSA) is 97.0 Å². The van der Waals surface area contributed by atoms with Crippen molar-refractivity contribution in [3.63, 3.8) is 0 Å². The van der Waals surface area contributed by atoms with Gasteiger partial charge in [0.1, 0.15) is 11.4 Å². The highest BCUT2D eigenvalue weighted by Crippen LogP contribution is 2.23. The van der Waals surface area contributed by atoms with Crippen LogP contribution in [0.5, 0.6) is 5.75 Å². The van der Waals surface area contributed by atoms with Crippen LogP contribution >= 0.6 is 0 Å². The molecule has 8 heteroatoms. The number of para-hydroxylation sites is 3. The van der Waals surface area contributed by atoms with Gasteiger partial charge in [0.2, 0.25) is 5.91 Å². The van der Waals surface area contributed by atoms with E-state index < -0.39 is 18.5 Å². The number of rotatable bonds is 6. The molecule has 144 valence electrons. The number of benzene rings is 2. The minimum atomic E-state index is -0.733. The third kappa shape index (κ3) is 4.47. The number of anilines is 2. The van der Waals surface area contributed by atoms with Gasteiger partial charge in [0.15, 0.2) is 6.61 Å². The van der Waals surface area contributed by atoms with Gasteiger partial charge < -0.3 is 14.8 Å². The zero-order valence-electron chi connectivity index (χ0n) is 15.2. The van der Waals surface area contributed by atoms with E-state index in [1.807, 2.05) is 6.07 Å².